The average Bonchev–Trinajstić information content (AvgIpc) is 2.98. The number of nitrogens with zero attached hydrogens (tertiary/aromatic N) is 2. The van der Waals surface area contributed by atoms with Crippen LogP contribution in [0.3, 0.4) is 0 Å². The van der Waals surface area contributed by atoms with E-state index >= 15 is 0 Å². The van der Waals surface area contributed by atoms with E-state index < -0.39 is 10.0 Å². The first-order chi connectivity index (χ1) is 13.7. The molecule has 1 saturated carbocycles. The van der Waals surface area contributed by atoms with Gasteiger partial charge in [0.25, 0.3) is 0 Å². The SMILES string of the molecule is CCS(=O)(=O)N(C)C1CCC(c2c(C)n(CC(=O)OC)c3ccc(F)cc23)CC1. The number of carbonyl (C=O) groups is 1. The molecule has 0 bridgehead atoms. The van der Waals surface area contributed by atoms with Crippen LogP contribution < -0.4 is 0 Å². The van der Waals surface area contributed by atoms with Crippen LogP contribution in [0.1, 0.15) is 49.8 Å². The van der Waals surface area contributed by atoms with Crippen LogP contribution >= 0.6 is 0 Å². The number of benzene rings is 1. The van der Waals surface area contributed by atoms with Crippen LogP contribution in [-0.2, 0) is 26.1 Å². The van der Waals surface area contributed by atoms with E-state index in [0.29, 0.717) is 0 Å². The molecule has 160 valence electrons. The molecule has 1 fully saturated rings. The molecule has 1 aromatic heterocycles. The highest BCUT2D eigenvalue weighted by molar-refractivity contribution is 7.89. The topological polar surface area (TPSA) is 68.6 Å². The zero-order valence-electron chi connectivity index (χ0n) is 17.4. The molecule has 0 unspecified atom stereocenters. The maximum Gasteiger partial charge on any atom is 0.325 e. The van der Waals surface area contributed by atoms with Gasteiger partial charge in [-0.25, -0.2) is 17.1 Å². The summed E-state index contributed by atoms with van der Waals surface area (Å²) in [6, 6.07) is 4.64. The Morgan fingerprint density at radius 1 is 1.28 bits per heavy atom. The van der Waals surface area contributed by atoms with Crippen molar-refractivity contribution in [2.45, 2.75) is 58.0 Å². The summed E-state index contributed by atoms with van der Waals surface area (Å²) in [5, 5.41) is 0.824. The first kappa shape index (κ1) is 21.8. The van der Waals surface area contributed by atoms with Gasteiger partial charge < -0.3 is 9.30 Å². The summed E-state index contributed by atoms with van der Waals surface area (Å²) in [5.74, 6) is -0.359. The lowest BCUT2D eigenvalue weighted by Crippen LogP contribution is -2.40. The highest BCUT2D eigenvalue weighted by Crippen LogP contribution is 2.41. The van der Waals surface area contributed by atoms with Gasteiger partial charge in [-0.3, -0.25) is 4.79 Å². The Hall–Kier alpha value is -1.93. The number of halogens is 1. The second-order valence-electron chi connectivity index (χ2n) is 7.75. The van der Waals surface area contributed by atoms with Gasteiger partial charge in [-0.15, -0.1) is 0 Å². The molecular weight excluding hydrogens is 395 g/mol. The first-order valence-electron chi connectivity index (χ1n) is 10.00. The van der Waals surface area contributed by atoms with Gasteiger partial charge in [0.05, 0.1) is 12.9 Å². The summed E-state index contributed by atoms with van der Waals surface area (Å²) in [5.41, 5.74) is 2.81. The van der Waals surface area contributed by atoms with Crippen molar-refractivity contribution in [2.75, 3.05) is 19.9 Å². The number of methoxy groups -OCH3 is 1. The molecule has 1 aliphatic carbocycles. The second-order valence-corrected chi connectivity index (χ2v) is 10.1. The maximum atomic E-state index is 14.0. The Balaban J connectivity index is 1.92. The molecule has 0 saturated heterocycles. The molecule has 6 nitrogen and oxygen atoms in total. The van der Waals surface area contributed by atoms with Gasteiger partial charge >= 0.3 is 5.97 Å². The largest absolute Gasteiger partial charge is 0.468 e. The number of rotatable bonds is 6. The van der Waals surface area contributed by atoms with Gasteiger partial charge in [-0.05, 0) is 69.2 Å². The molecule has 0 N–H and O–H groups in total. The van der Waals surface area contributed by atoms with Gasteiger partial charge in [0, 0.05) is 29.7 Å². The van der Waals surface area contributed by atoms with E-state index in [1.807, 2.05) is 11.5 Å². The molecule has 0 radical (unpaired) electrons. The highest BCUT2D eigenvalue weighted by Gasteiger charge is 2.32. The van der Waals surface area contributed by atoms with Crippen LogP contribution in [0.5, 0.6) is 0 Å². The normalized spacial score (nSPS) is 20.3. The monoisotopic (exact) mass is 424 g/mol. The zero-order valence-corrected chi connectivity index (χ0v) is 18.3. The number of esters is 1. The van der Waals surface area contributed by atoms with E-state index in [1.54, 1.807) is 20.0 Å². The van der Waals surface area contributed by atoms with Crippen LogP contribution in [0.25, 0.3) is 10.9 Å². The third-order valence-corrected chi connectivity index (χ3v) is 8.18. The minimum atomic E-state index is -3.21. The minimum absolute atomic E-state index is 0.00309. The number of ether oxygens (including phenoxy) is 1. The fourth-order valence-corrected chi connectivity index (χ4v) is 5.62. The van der Waals surface area contributed by atoms with E-state index in [0.717, 1.165) is 47.8 Å². The molecule has 0 spiro atoms. The molecule has 0 aliphatic heterocycles. The Kier molecular flexibility index (Phi) is 6.33. The van der Waals surface area contributed by atoms with Crippen LogP contribution in [0, 0.1) is 12.7 Å². The van der Waals surface area contributed by atoms with Gasteiger partial charge in [0.15, 0.2) is 0 Å². The summed E-state index contributed by atoms with van der Waals surface area (Å²) < 4.78 is 46.6. The molecular formula is C21H29FN2O4S. The fourth-order valence-electron chi connectivity index (χ4n) is 4.55. The van der Waals surface area contributed by atoms with Gasteiger partial charge in [0.2, 0.25) is 10.0 Å². The quantitative estimate of drug-likeness (QED) is 0.665. The van der Waals surface area contributed by atoms with Crippen molar-refractivity contribution in [3.63, 3.8) is 0 Å². The van der Waals surface area contributed by atoms with E-state index in [9.17, 15) is 17.6 Å². The number of sulfonamides is 1. The Morgan fingerprint density at radius 2 is 1.93 bits per heavy atom. The van der Waals surface area contributed by atoms with Crippen LogP contribution in [0.4, 0.5) is 4.39 Å². The minimum Gasteiger partial charge on any atom is -0.468 e. The predicted octanol–water partition coefficient (Wildman–Crippen LogP) is 3.57. The van der Waals surface area contributed by atoms with Crippen molar-refractivity contribution in [2.24, 2.45) is 0 Å². The van der Waals surface area contributed by atoms with E-state index in [2.05, 4.69) is 0 Å². The van der Waals surface area contributed by atoms with Crippen molar-refractivity contribution in [1.82, 2.24) is 8.87 Å². The molecule has 0 amide bonds. The van der Waals surface area contributed by atoms with E-state index in [1.165, 1.54) is 23.5 Å². The highest BCUT2D eigenvalue weighted by atomic mass is 32.2. The summed E-state index contributed by atoms with van der Waals surface area (Å²) in [6.07, 6.45) is 3.17. The fraction of sp³-hybridized carbons (Fsp3) is 0.571. The third-order valence-electron chi connectivity index (χ3n) is 6.27. The number of hydrogen-bond donors (Lipinski definition) is 0. The van der Waals surface area contributed by atoms with Crippen molar-refractivity contribution < 1.29 is 22.3 Å². The molecule has 1 heterocycles. The van der Waals surface area contributed by atoms with Crippen LogP contribution in [0.2, 0.25) is 0 Å². The molecule has 8 heteroatoms. The Labute approximate surface area is 171 Å². The lowest BCUT2D eigenvalue weighted by molar-refractivity contribution is -0.141. The second kappa shape index (κ2) is 8.44. The summed E-state index contributed by atoms with van der Waals surface area (Å²) in [7, 11) is -0.200. The first-order valence-corrected chi connectivity index (χ1v) is 11.6. The average molecular weight is 425 g/mol. The molecule has 2 aromatic rings. The predicted molar refractivity (Wildman–Crippen MR) is 111 cm³/mol. The van der Waals surface area contributed by atoms with Gasteiger partial charge in [0.1, 0.15) is 12.4 Å². The zero-order chi connectivity index (χ0) is 21.3. The summed E-state index contributed by atoms with van der Waals surface area (Å²) in [4.78, 5) is 11.9. The van der Waals surface area contributed by atoms with Crippen molar-refractivity contribution in [1.29, 1.82) is 0 Å². The van der Waals surface area contributed by atoms with E-state index in [-0.39, 0.29) is 36.0 Å². The van der Waals surface area contributed by atoms with E-state index in [4.69, 9.17) is 4.74 Å². The molecule has 29 heavy (non-hydrogen) atoms. The van der Waals surface area contributed by atoms with Gasteiger partial charge in [-0.1, -0.05) is 0 Å². The van der Waals surface area contributed by atoms with Crippen LogP contribution in [-0.4, -0.2) is 49.2 Å². The summed E-state index contributed by atoms with van der Waals surface area (Å²) >= 11 is 0. The van der Waals surface area contributed by atoms with Crippen molar-refractivity contribution in [3.8, 4) is 0 Å². The number of aromatic nitrogens is 1. The number of carbonyl (C=O) groups excluding carboxylic acids is 1. The summed E-state index contributed by atoms with van der Waals surface area (Å²) in [6.45, 7) is 3.69. The van der Waals surface area contributed by atoms with Crippen LogP contribution in [0.15, 0.2) is 18.2 Å². The molecule has 3 rings (SSSR count). The number of fused-ring (bicyclic) bond motifs is 1. The maximum absolute atomic E-state index is 14.0. The third kappa shape index (κ3) is 4.19. The lowest BCUT2D eigenvalue weighted by atomic mass is 9.80. The molecule has 0 atom stereocenters. The number of hydrogen-bond acceptors (Lipinski definition) is 4. The Morgan fingerprint density at radius 3 is 2.52 bits per heavy atom. The Bertz CT molecular complexity index is 1010. The molecule has 1 aliphatic rings. The van der Waals surface area contributed by atoms with Crippen molar-refractivity contribution >= 4 is 26.9 Å². The lowest BCUT2D eigenvalue weighted by Gasteiger charge is -2.34. The van der Waals surface area contributed by atoms with Crippen molar-refractivity contribution in [3.05, 3.63) is 35.3 Å². The smallest absolute Gasteiger partial charge is 0.325 e. The molecule has 1 aromatic carbocycles. The standard InChI is InChI=1S/C21H29FN2O4S/c1-5-29(26,27)23(3)17-9-6-15(7-10-17)21-14(2)24(13-20(25)28-4)19-11-8-16(22)12-18(19)21/h8,11-12,15,17H,5-7,9-10,13H2,1-4H3. The van der Waals surface area contributed by atoms with Gasteiger partial charge in [-0.2, -0.15) is 0 Å².